The lowest BCUT2D eigenvalue weighted by Gasteiger charge is -1.96. The molecule has 88 valence electrons. The highest BCUT2D eigenvalue weighted by atomic mass is 32.1. The highest BCUT2D eigenvalue weighted by Gasteiger charge is 2.05. The van der Waals surface area contributed by atoms with Gasteiger partial charge in [-0.15, -0.1) is 22.7 Å². The third kappa shape index (κ3) is 1.97. The smallest absolute Gasteiger partial charge is 0.0895 e. The molecule has 3 rings (SSSR count). The van der Waals surface area contributed by atoms with Crippen LogP contribution in [0.25, 0.3) is 20.2 Å². The predicted molar refractivity (Wildman–Crippen MR) is 77.2 cm³/mol. The maximum atomic E-state index is 8.78. The molecule has 0 amide bonds. The van der Waals surface area contributed by atoms with Gasteiger partial charge in [-0.05, 0) is 35.0 Å². The van der Waals surface area contributed by atoms with E-state index in [0.29, 0.717) is 6.54 Å². The Morgan fingerprint density at radius 2 is 1.76 bits per heavy atom. The van der Waals surface area contributed by atoms with Crippen LogP contribution >= 0.6 is 22.7 Å². The summed E-state index contributed by atoms with van der Waals surface area (Å²) >= 11 is 3.32. The van der Waals surface area contributed by atoms with Crippen LogP contribution in [0.4, 0.5) is 10.0 Å². The van der Waals surface area contributed by atoms with Gasteiger partial charge in [-0.2, -0.15) is 0 Å². The lowest BCUT2D eigenvalue weighted by atomic mass is 10.2. The molecule has 0 aliphatic carbocycles. The zero-order chi connectivity index (χ0) is 11.8. The summed E-state index contributed by atoms with van der Waals surface area (Å²) in [4.78, 5) is 0. The first-order chi connectivity index (χ1) is 8.26. The van der Waals surface area contributed by atoms with E-state index < -0.39 is 0 Å². The number of nitrogens with one attached hydrogen (secondary N) is 1. The number of thiophene rings is 2. The summed E-state index contributed by atoms with van der Waals surface area (Å²) in [6.45, 7) is 0.744. The summed E-state index contributed by atoms with van der Waals surface area (Å²) in [5.41, 5.74) is 5.80. The van der Waals surface area contributed by atoms with Gasteiger partial charge in [-0.3, -0.25) is 0 Å². The van der Waals surface area contributed by atoms with Gasteiger partial charge in [0.2, 0.25) is 0 Å². The highest BCUT2D eigenvalue weighted by molar-refractivity contribution is 7.24. The maximum Gasteiger partial charge on any atom is 0.0895 e. The first-order valence-corrected chi connectivity index (χ1v) is 6.97. The number of rotatable bonds is 3. The Morgan fingerprint density at radius 1 is 1.06 bits per heavy atom. The Hall–Kier alpha value is -1.30. The summed E-state index contributed by atoms with van der Waals surface area (Å²) < 4.78 is 2.47. The van der Waals surface area contributed by atoms with E-state index in [1.807, 2.05) is 6.07 Å². The first kappa shape index (κ1) is 10.8. The standard InChI is InChI=1S/C12H12N2OS2/c13-11-5-7-3-10-8(4-9(7)16-11)6-12(17-10)14-1-2-15/h3-6,14-15H,1-2,13H2. The van der Waals surface area contributed by atoms with E-state index in [-0.39, 0.29) is 6.61 Å². The van der Waals surface area contributed by atoms with E-state index >= 15 is 0 Å². The van der Waals surface area contributed by atoms with E-state index in [2.05, 4.69) is 23.5 Å². The fourth-order valence-corrected chi connectivity index (χ4v) is 3.74. The minimum atomic E-state index is 0.153. The van der Waals surface area contributed by atoms with Crippen LogP contribution in [0.1, 0.15) is 0 Å². The van der Waals surface area contributed by atoms with Gasteiger partial charge in [-0.25, -0.2) is 0 Å². The molecule has 0 spiro atoms. The van der Waals surface area contributed by atoms with Crippen molar-refractivity contribution in [3.05, 3.63) is 24.3 Å². The molecule has 0 unspecified atom stereocenters. The Labute approximate surface area is 106 Å². The van der Waals surface area contributed by atoms with Crippen molar-refractivity contribution in [2.75, 3.05) is 24.2 Å². The molecule has 0 saturated heterocycles. The van der Waals surface area contributed by atoms with Crippen molar-refractivity contribution in [3.63, 3.8) is 0 Å². The van der Waals surface area contributed by atoms with E-state index in [1.165, 1.54) is 20.2 Å². The molecule has 0 radical (unpaired) electrons. The van der Waals surface area contributed by atoms with Crippen LogP contribution < -0.4 is 11.1 Å². The molecule has 0 fully saturated rings. The number of nitrogen functional groups attached to an aromatic ring is 1. The van der Waals surface area contributed by atoms with Gasteiger partial charge >= 0.3 is 0 Å². The topological polar surface area (TPSA) is 58.3 Å². The van der Waals surface area contributed by atoms with E-state index in [4.69, 9.17) is 10.8 Å². The lowest BCUT2D eigenvalue weighted by molar-refractivity contribution is 0.311. The van der Waals surface area contributed by atoms with Crippen molar-refractivity contribution in [1.82, 2.24) is 0 Å². The molecule has 0 aliphatic heterocycles. The molecule has 0 saturated carbocycles. The Kier molecular flexibility index (Phi) is 2.66. The van der Waals surface area contributed by atoms with Crippen molar-refractivity contribution in [1.29, 1.82) is 0 Å². The van der Waals surface area contributed by atoms with Gasteiger partial charge in [0.25, 0.3) is 0 Å². The zero-order valence-corrected chi connectivity index (χ0v) is 10.7. The summed E-state index contributed by atoms with van der Waals surface area (Å²) in [6, 6.07) is 8.48. The number of hydrogen-bond acceptors (Lipinski definition) is 5. The SMILES string of the molecule is Nc1cc2cc3sc(NCCO)cc3cc2s1. The molecule has 0 bridgehead atoms. The minimum absolute atomic E-state index is 0.153. The monoisotopic (exact) mass is 264 g/mol. The molecule has 17 heavy (non-hydrogen) atoms. The third-order valence-electron chi connectivity index (χ3n) is 2.59. The van der Waals surface area contributed by atoms with Crippen LogP contribution in [0.15, 0.2) is 24.3 Å². The largest absolute Gasteiger partial charge is 0.395 e. The summed E-state index contributed by atoms with van der Waals surface area (Å²) in [7, 11) is 0. The molecule has 3 aromatic rings. The number of aliphatic hydroxyl groups excluding tert-OH is 1. The number of fused-ring (bicyclic) bond motifs is 2. The Morgan fingerprint density at radius 3 is 2.53 bits per heavy atom. The van der Waals surface area contributed by atoms with Crippen LogP contribution in [0.5, 0.6) is 0 Å². The van der Waals surface area contributed by atoms with E-state index in [9.17, 15) is 0 Å². The number of hydrogen-bond donors (Lipinski definition) is 3. The molecular formula is C12H12N2OS2. The van der Waals surface area contributed by atoms with Crippen molar-refractivity contribution in [3.8, 4) is 0 Å². The lowest BCUT2D eigenvalue weighted by Crippen LogP contribution is -2.03. The summed E-state index contributed by atoms with van der Waals surface area (Å²) in [6.07, 6.45) is 0. The van der Waals surface area contributed by atoms with Gasteiger partial charge in [-0.1, -0.05) is 0 Å². The van der Waals surface area contributed by atoms with Crippen LogP contribution in [0.2, 0.25) is 0 Å². The van der Waals surface area contributed by atoms with E-state index in [0.717, 1.165) is 10.0 Å². The number of benzene rings is 1. The van der Waals surface area contributed by atoms with Crippen molar-refractivity contribution in [2.45, 2.75) is 0 Å². The van der Waals surface area contributed by atoms with Crippen LogP contribution in [-0.4, -0.2) is 18.3 Å². The molecule has 2 aromatic heterocycles. The molecule has 2 heterocycles. The highest BCUT2D eigenvalue weighted by Crippen LogP contribution is 2.36. The van der Waals surface area contributed by atoms with Gasteiger partial charge < -0.3 is 16.2 Å². The quantitative estimate of drug-likeness (QED) is 0.681. The van der Waals surface area contributed by atoms with Gasteiger partial charge in [0, 0.05) is 15.9 Å². The molecule has 3 nitrogen and oxygen atoms in total. The normalized spacial score (nSPS) is 11.4. The number of anilines is 2. The number of aliphatic hydroxyl groups is 1. The Balaban J connectivity index is 2.09. The molecular weight excluding hydrogens is 252 g/mol. The molecule has 4 N–H and O–H groups in total. The summed E-state index contributed by atoms with van der Waals surface area (Å²) in [5.74, 6) is 0. The van der Waals surface area contributed by atoms with Crippen molar-refractivity contribution in [2.24, 2.45) is 0 Å². The molecule has 5 heteroatoms. The third-order valence-corrected chi connectivity index (χ3v) is 4.57. The van der Waals surface area contributed by atoms with E-state index in [1.54, 1.807) is 22.7 Å². The van der Waals surface area contributed by atoms with Gasteiger partial charge in [0.05, 0.1) is 16.6 Å². The minimum Gasteiger partial charge on any atom is -0.395 e. The van der Waals surface area contributed by atoms with Crippen molar-refractivity contribution >= 4 is 52.8 Å². The summed E-state index contributed by atoms with van der Waals surface area (Å²) in [5, 5.41) is 16.4. The number of nitrogens with two attached hydrogens (primary N) is 1. The van der Waals surface area contributed by atoms with Crippen LogP contribution in [0, 0.1) is 0 Å². The van der Waals surface area contributed by atoms with Gasteiger partial charge in [0.1, 0.15) is 0 Å². The second kappa shape index (κ2) is 4.18. The zero-order valence-electron chi connectivity index (χ0n) is 9.06. The molecule has 0 atom stereocenters. The van der Waals surface area contributed by atoms with Crippen LogP contribution in [-0.2, 0) is 0 Å². The maximum absolute atomic E-state index is 8.78. The molecule has 0 aliphatic rings. The predicted octanol–water partition coefficient (Wildman–Crippen LogP) is 3.10. The second-order valence-corrected chi connectivity index (χ2v) is 6.04. The Bertz CT molecular complexity index is 621. The van der Waals surface area contributed by atoms with Crippen LogP contribution in [0.3, 0.4) is 0 Å². The van der Waals surface area contributed by atoms with Gasteiger partial charge in [0.15, 0.2) is 0 Å². The van der Waals surface area contributed by atoms with Crippen molar-refractivity contribution < 1.29 is 5.11 Å². The average Bonchev–Trinajstić information content (AvgIpc) is 2.83. The molecule has 1 aromatic carbocycles. The fourth-order valence-electron chi connectivity index (χ4n) is 1.86. The first-order valence-electron chi connectivity index (χ1n) is 5.33. The second-order valence-electron chi connectivity index (χ2n) is 3.84. The average molecular weight is 264 g/mol. The fraction of sp³-hybridized carbons (Fsp3) is 0.167.